The number of fused-ring (bicyclic) bond motifs is 1. The Morgan fingerprint density at radius 1 is 1.04 bits per heavy atom. The molecule has 4 aromatic rings. The minimum absolute atomic E-state index is 0.114. The summed E-state index contributed by atoms with van der Waals surface area (Å²) >= 11 is 0. The number of alkyl halides is 3. The zero-order valence-corrected chi connectivity index (χ0v) is 26.3. The first-order valence-corrected chi connectivity index (χ1v) is 15.2. The number of aryl methyl sites for hydroxylation is 1. The fourth-order valence-corrected chi connectivity index (χ4v) is 5.45. The average molecular weight is 663 g/mol. The van der Waals surface area contributed by atoms with Crippen LogP contribution in [0.3, 0.4) is 0 Å². The number of pyridine rings is 1. The molecule has 48 heavy (non-hydrogen) atoms. The smallest absolute Gasteiger partial charge is 0.416 e. The van der Waals surface area contributed by atoms with Crippen LogP contribution in [0, 0.1) is 6.92 Å². The maximum atomic E-state index is 14.3. The molecular weight excluding hydrogens is 629 g/mol. The lowest BCUT2D eigenvalue weighted by atomic mass is 10.1. The molecule has 0 spiro atoms. The van der Waals surface area contributed by atoms with Crippen LogP contribution in [0.4, 0.5) is 46.8 Å². The number of methoxy groups -OCH3 is 1. The summed E-state index contributed by atoms with van der Waals surface area (Å²) in [5.74, 6) is 0.348. The Kier molecular flexibility index (Phi) is 9.41. The van der Waals surface area contributed by atoms with Crippen molar-refractivity contribution in [2.45, 2.75) is 19.6 Å². The zero-order valence-electron chi connectivity index (χ0n) is 26.3. The predicted molar refractivity (Wildman–Crippen MR) is 173 cm³/mol. The summed E-state index contributed by atoms with van der Waals surface area (Å²) in [5, 5.41) is 5.83. The van der Waals surface area contributed by atoms with E-state index >= 15 is 0 Å². The van der Waals surface area contributed by atoms with E-state index in [1.54, 1.807) is 35.5 Å². The van der Waals surface area contributed by atoms with E-state index in [0.717, 1.165) is 36.6 Å². The Morgan fingerprint density at radius 3 is 2.60 bits per heavy atom. The van der Waals surface area contributed by atoms with E-state index in [9.17, 15) is 22.8 Å². The van der Waals surface area contributed by atoms with E-state index in [2.05, 4.69) is 25.5 Å². The molecular formula is C33H33F3N8O4. The third-order valence-corrected chi connectivity index (χ3v) is 8.03. The number of amides is 3. The second kappa shape index (κ2) is 13.8. The lowest BCUT2D eigenvalue weighted by molar-refractivity contribution is -0.137. The summed E-state index contributed by atoms with van der Waals surface area (Å²) in [5.41, 5.74) is 1.70. The number of urea groups is 1. The van der Waals surface area contributed by atoms with Gasteiger partial charge in [-0.1, -0.05) is 6.07 Å². The molecule has 2 aromatic heterocycles. The fourth-order valence-electron chi connectivity index (χ4n) is 5.45. The molecule has 2 aliphatic heterocycles. The number of benzene rings is 2. The molecule has 0 aliphatic carbocycles. The molecule has 250 valence electrons. The summed E-state index contributed by atoms with van der Waals surface area (Å²) in [6.07, 6.45) is -1.25. The summed E-state index contributed by atoms with van der Waals surface area (Å²) in [4.78, 5) is 46.2. The number of aromatic nitrogens is 3. The molecule has 1 saturated heterocycles. The SMILES string of the molecule is COc1cc(NC(=O)c2cccc(C(F)(F)F)c2)cc(N2Cc3cnc(Nc4cccnc4C)nc3N(CCN3CCOCC3)C2=O)c1. The Hall–Kier alpha value is -5.28. The number of rotatable bonds is 9. The van der Waals surface area contributed by atoms with Crippen LogP contribution in [0.15, 0.2) is 67.0 Å². The van der Waals surface area contributed by atoms with Crippen LogP contribution in [0.25, 0.3) is 0 Å². The van der Waals surface area contributed by atoms with Gasteiger partial charge in [-0.2, -0.15) is 18.2 Å². The van der Waals surface area contributed by atoms with E-state index in [-0.39, 0.29) is 23.8 Å². The molecule has 0 bridgehead atoms. The highest BCUT2D eigenvalue weighted by Gasteiger charge is 2.34. The van der Waals surface area contributed by atoms with Gasteiger partial charge in [0.25, 0.3) is 5.91 Å². The van der Waals surface area contributed by atoms with Gasteiger partial charge in [0, 0.05) is 67.5 Å². The lowest BCUT2D eigenvalue weighted by Crippen LogP contribution is -2.51. The molecule has 2 N–H and O–H groups in total. The van der Waals surface area contributed by atoms with Gasteiger partial charge in [0.15, 0.2) is 0 Å². The first kappa shape index (κ1) is 32.7. The number of nitrogens with zero attached hydrogens (tertiary/aromatic N) is 6. The van der Waals surface area contributed by atoms with Crippen molar-refractivity contribution in [1.82, 2.24) is 19.9 Å². The summed E-state index contributed by atoms with van der Waals surface area (Å²) in [7, 11) is 1.44. The number of hydrogen-bond acceptors (Lipinski definition) is 9. The van der Waals surface area contributed by atoms with Gasteiger partial charge in [-0.15, -0.1) is 0 Å². The van der Waals surface area contributed by atoms with Crippen molar-refractivity contribution in [1.29, 1.82) is 0 Å². The number of nitrogens with one attached hydrogen (secondary N) is 2. The van der Waals surface area contributed by atoms with Crippen LogP contribution in [-0.4, -0.2) is 78.3 Å². The molecule has 0 radical (unpaired) electrons. The molecule has 3 amide bonds. The van der Waals surface area contributed by atoms with E-state index in [0.29, 0.717) is 55.1 Å². The molecule has 6 rings (SSSR count). The van der Waals surface area contributed by atoms with Crippen LogP contribution in [-0.2, 0) is 17.5 Å². The number of morpholine rings is 1. The fraction of sp³-hybridized carbons (Fsp3) is 0.303. The molecule has 1 fully saturated rings. The summed E-state index contributed by atoms with van der Waals surface area (Å²) in [6.45, 7) is 5.57. The molecule has 4 heterocycles. The van der Waals surface area contributed by atoms with E-state index in [1.165, 1.54) is 30.2 Å². The van der Waals surface area contributed by atoms with Gasteiger partial charge in [-0.05, 0) is 43.3 Å². The van der Waals surface area contributed by atoms with Crippen molar-refractivity contribution in [2.75, 3.05) is 66.9 Å². The number of carbonyl (C=O) groups excluding carboxylic acids is 2. The second-order valence-corrected chi connectivity index (χ2v) is 11.2. The monoisotopic (exact) mass is 662 g/mol. The highest BCUT2D eigenvalue weighted by molar-refractivity contribution is 6.07. The van der Waals surface area contributed by atoms with Crippen LogP contribution < -0.4 is 25.2 Å². The topological polar surface area (TPSA) is 125 Å². The second-order valence-electron chi connectivity index (χ2n) is 11.2. The number of carbonyl (C=O) groups is 2. The standard InChI is InChI=1S/C33H33F3N8O4/c1-21-28(7-4-8-37-21)40-31-38-19-23-20-44(32(46)43(29(23)41-31)10-9-42-11-13-48-14-12-42)26-16-25(17-27(18-26)47-2)39-30(45)22-5-3-6-24(15-22)33(34,35)36/h3-8,15-19H,9-14,20H2,1-2H3,(H,39,45)(H,38,40,41). The van der Waals surface area contributed by atoms with Gasteiger partial charge in [0.1, 0.15) is 11.6 Å². The minimum atomic E-state index is -4.60. The van der Waals surface area contributed by atoms with Crippen LogP contribution in [0.5, 0.6) is 5.75 Å². The normalized spacial score (nSPS) is 15.2. The molecule has 0 unspecified atom stereocenters. The number of hydrogen-bond donors (Lipinski definition) is 2. The maximum Gasteiger partial charge on any atom is 0.416 e. The van der Waals surface area contributed by atoms with Gasteiger partial charge in [-0.25, -0.2) is 9.78 Å². The largest absolute Gasteiger partial charge is 0.497 e. The van der Waals surface area contributed by atoms with Crippen LogP contribution in [0.2, 0.25) is 0 Å². The lowest BCUT2D eigenvalue weighted by Gasteiger charge is -2.37. The van der Waals surface area contributed by atoms with Crippen molar-refractivity contribution in [2.24, 2.45) is 0 Å². The van der Waals surface area contributed by atoms with Crippen LogP contribution >= 0.6 is 0 Å². The Morgan fingerprint density at radius 2 is 1.85 bits per heavy atom. The van der Waals surface area contributed by atoms with Crippen molar-refractivity contribution in [3.8, 4) is 5.75 Å². The molecule has 2 aliphatic rings. The predicted octanol–water partition coefficient (Wildman–Crippen LogP) is 5.48. The number of anilines is 5. The first-order chi connectivity index (χ1) is 23.1. The van der Waals surface area contributed by atoms with Crippen molar-refractivity contribution >= 4 is 40.8 Å². The van der Waals surface area contributed by atoms with E-state index in [1.807, 2.05) is 13.0 Å². The average Bonchev–Trinajstić information content (AvgIpc) is 3.08. The first-order valence-electron chi connectivity index (χ1n) is 15.2. The highest BCUT2D eigenvalue weighted by atomic mass is 19.4. The van der Waals surface area contributed by atoms with Gasteiger partial charge in [0.05, 0.1) is 49.5 Å². The van der Waals surface area contributed by atoms with Gasteiger partial charge in [-0.3, -0.25) is 24.5 Å². The van der Waals surface area contributed by atoms with Gasteiger partial charge < -0.3 is 20.1 Å². The number of ether oxygens (including phenoxy) is 2. The quantitative estimate of drug-likeness (QED) is 0.240. The van der Waals surface area contributed by atoms with Crippen LogP contribution in [0.1, 0.15) is 27.2 Å². The van der Waals surface area contributed by atoms with Crippen molar-refractivity contribution in [3.63, 3.8) is 0 Å². The highest BCUT2D eigenvalue weighted by Crippen LogP contribution is 2.35. The number of halogens is 3. The molecule has 12 nitrogen and oxygen atoms in total. The van der Waals surface area contributed by atoms with Crippen molar-refractivity contribution < 1.29 is 32.2 Å². The molecule has 0 saturated carbocycles. The summed E-state index contributed by atoms with van der Waals surface area (Å²) in [6, 6.07) is 12.2. The third kappa shape index (κ3) is 7.31. The Labute approximate surface area is 274 Å². The van der Waals surface area contributed by atoms with Crippen molar-refractivity contribution in [3.05, 3.63) is 89.4 Å². The summed E-state index contributed by atoms with van der Waals surface area (Å²) < 4.78 is 50.8. The minimum Gasteiger partial charge on any atom is -0.497 e. The molecule has 15 heteroatoms. The molecule has 0 atom stereocenters. The van der Waals surface area contributed by atoms with E-state index < -0.39 is 17.6 Å². The molecule has 2 aromatic carbocycles. The Bertz CT molecular complexity index is 1820. The third-order valence-electron chi connectivity index (χ3n) is 8.03. The van der Waals surface area contributed by atoms with Gasteiger partial charge >= 0.3 is 12.2 Å². The van der Waals surface area contributed by atoms with E-state index in [4.69, 9.17) is 14.5 Å². The van der Waals surface area contributed by atoms with Gasteiger partial charge in [0.2, 0.25) is 5.95 Å². The Balaban J connectivity index is 1.30. The maximum absolute atomic E-state index is 14.3. The zero-order chi connectivity index (χ0) is 33.8.